The summed E-state index contributed by atoms with van der Waals surface area (Å²) in [6, 6.07) is 0. The first-order valence-corrected chi connectivity index (χ1v) is 3.91. The van der Waals surface area contributed by atoms with Crippen molar-refractivity contribution in [2.75, 3.05) is 5.88 Å². The van der Waals surface area contributed by atoms with Gasteiger partial charge >= 0.3 is 0 Å². The molecule has 0 radical (unpaired) electrons. The van der Waals surface area contributed by atoms with Crippen LogP contribution in [0.4, 0.5) is 0 Å². The number of tetrazole rings is 1. The number of halogens is 1. The smallest absolute Gasteiger partial charge is 0.221 e. The molecule has 0 atom stereocenters. The van der Waals surface area contributed by atoms with Crippen molar-refractivity contribution in [3.63, 3.8) is 0 Å². The number of carbonyl (C=O) groups excluding carboxylic acids is 1. The van der Waals surface area contributed by atoms with Crippen LogP contribution in [-0.4, -0.2) is 32.4 Å². The lowest BCUT2D eigenvalue weighted by Gasteiger charge is -1.98. The second-order valence-corrected chi connectivity index (χ2v) is 2.42. The topological polar surface area (TPSA) is 83.6 Å². The number of nitrogens with one attached hydrogen (secondary N) is 2. The second kappa shape index (κ2) is 4.66. The van der Waals surface area contributed by atoms with Crippen molar-refractivity contribution < 1.29 is 4.79 Å². The molecule has 6 nitrogen and oxygen atoms in total. The number of rotatable bonds is 4. The molecule has 1 rings (SSSR count). The average Bonchev–Trinajstić information content (AvgIpc) is 2.53. The number of aromatic amines is 1. The van der Waals surface area contributed by atoms with Crippen LogP contribution in [0.2, 0.25) is 0 Å². The molecule has 0 bridgehead atoms. The maximum atomic E-state index is 10.9. The third kappa shape index (κ3) is 2.83. The maximum absolute atomic E-state index is 10.9. The van der Waals surface area contributed by atoms with Crippen LogP contribution < -0.4 is 5.32 Å². The van der Waals surface area contributed by atoms with E-state index >= 15 is 0 Å². The number of nitrogens with zero attached hydrogens (tertiary/aromatic N) is 3. The lowest BCUT2D eigenvalue weighted by molar-refractivity contribution is -0.120. The van der Waals surface area contributed by atoms with Crippen molar-refractivity contribution in [3.8, 4) is 0 Å². The van der Waals surface area contributed by atoms with Crippen molar-refractivity contribution in [1.29, 1.82) is 0 Å². The van der Waals surface area contributed by atoms with Crippen LogP contribution in [0.15, 0.2) is 0 Å². The van der Waals surface area contributed by atoms with Crippen LogP contribution >= 0.6 is 11.6 Å². The molecule has 1 aromatic heterocycles. The summed E-state index contributed by atoms with van der Waals surface area (Å²) < 4.78 is 0. The minimum absolute atomic E-state index is 0.116. The zero-order valence-electron chi connectivity index (χ0n) is 6.25. The van der Waals surface area contributed by atoms with Gasteiger partial charge in [0.15, 0.2) is 5.82 Å². The zero-order valence-corrected chi connectivity index (χ0v) is 7.01. The van der Waals surface area contributed by atoms with Crippen molar-refractivity contribution >= 4 is 17.5 Å². The summed E-state index contributed by atoms with van der Waals surface area (Å²) in [5, 5.41) is 15.5. The SMILES string of the molecule is O=C(CCCl)NCc1nn[nH]n1. The average molecular weight is 190 g/mol. The van der Waals surface area contributed by atoms with E-state index in [9.17, 15) is 4.79 Å². The molecule has 1 heterocycles. The van der Waals surface area contributed by atoms with Gasteiger partial charge in [-0.25, -0.2) is 0 Å². The Morgan fingerprint density at radius 1 is 1.67 bits per heavy atom. The van der Waals surface area contributed by atoms with Crippen molar-refractivity contribution in [3.05, 3.63) is 5.82 Å². The van der Waals surface area contributed by atoms with Crippen molar-refractivity contribution in [1.82, 2.24) is 25.9 Å². The molecular formula is C5H8ClN5O. The predicted octanol–water partition coefficient (Wildman–Crippen LogP) is -0.555. The number of carbonyl (C=O) groups is 1. The van der Waals surface area contributed by atoms with Gasteiger partial charge in [0.05, 0.1) is 6.54 Å². The predicted molar refractivity (Wildman–Crippen MR) is 41.4 cm³/mol. The highest BCUT2D eigenvalue weighted by atomic mass is 35.5. The van der Waals surface area contributed by atoms with E-state index in [1.165, 1.54) is 0 Å². The lowest BCUT2D eigenvalue weighted by atomic mass is 10.4. The standard InChI is InChI=1S/C5H8ClN5O/c6-2-1-5(12)7-3-4-8-10-11-9-4/h1-3H2,(H,7,12)(H,8,9,10,11). The van der Waals surface area contributed by atoms with Crippen LogP contribution in [0, 0.1) is 0 Å². The Hall–Kier alpha value is -1.17. The Labute approximate surface area is 73.7 Å². The summed E-state index contributed by atoms with van der Waals surface area (Å²) >= 11 is 5.35. The molecule has 1 aromatic rings. The van der Waals surface area contributed by atoms with Crippen LogP contribution in [0.3, 0.4) is 0 Å². The zero-order chi connectivity index (χ0) is 8.81. The lowest BCUT2D eigenvalue weighted by Crippen LogP contribution is -2.23. The van der Waals surface area contributed by atoms with Gasteiger partial charge in [-0.15, -0.1) is 21.8 Å². The maximum Gasteiger partial charge on any atom is 0.221 e. The van der Waals surface area contributed by atoms with E-state index in [1.807, 2.05) is 0 Å². The van der Waals surface area contributed by atoms with E-state index in [4.69, 9.17) is 11.6 Å². The highest BCUT2D eigenvalue weighted by Gasteiger charge is 2.01. The first-order valence-electron chi connectivity index (χ1n) is 3.38. The third-order valence-electron chi connectivity index (χ3n) is 1.15. The molecular weight excluding hydrogens is 182 g/mol. The van der Waals surface area contributed by atoms with Gasteiger partial charge in [0.1, 0.15) is 0 Å². The Kier molecular flexibility index (Phi) is 3.46. The summed E-state index contributed by atoms with van der Waals surface area (Å²) in [6.07, 6.45) is 0.305. The molecule has 0 saturated heterocycles. The van der Waals surface area contributed by atoms with Gasteiger partial charge in [-0.05, 0) is 0 Å². The summed E-state index contributed by atoms with van der Waals surface area (Å²) in [7, 11) is 0. The normalized spacial score (nSPS) is 9.75. The van der Waals surface area contributed by atoms with E-state index in [1.54, 1.807) is 0 Å². The number of hydrogen-bond donors (Lipinski definition) is 2. The van der Waals surface area contributed by atoms with E-state index < -0.39 is 0 Å². The van der Waals surface area contributed by atoms with Gasteiger partial charge in [0.2, 0.25) is 5.91 Å². The van der Waals surface area contributed by atoms with Crippen LogP contribution in [0.25, 0.3) is 0 Å². The molecule has 0 aliphatic carbocycles. The van der Waals surface area contributed by atoms with Crippen molar-refractivity contribution in [2.24, 2.45) is 0 Å². The molecule has 7 heteroatoms. The molecule has 0 fully saturated rings. The second-order valence-electron chi connectivity index (χ2n) is 2.04. The number of aromatic nitrogens is 4. The number of hydrogen-bond acceptors (Lipinski definition) is 4. The van der Waals surface area contributed by atoms with E-state index in [-0.39, 0.29) is 12.5 Å². The van der Waals surface area contributed by atoms with Crippen LogP contribution in [-0.2, 0) is 11.3 Å². The van der Waals surface area contributed by atoms with E-state index in [0.29, 0.717) is 18.1 Å². The monoisotopic (exact) mass is 189 g/mol. The van der Waals surface area contributed by atoms with Gasteiger partial charge in [-0.3, -0.25) is 4.79 Å². The fourth-order valence-electron chi connectivity index (χ4n) is 0.609. The van der Waals surface area contributed by atoms with Crippen molar-refractivity contribution in [2.45, 2.75) is 13.0 Å². The molecule has 0 spiro atoms. The molecule has 66 valence electrons. The van der Waals surface area contributed by atoms with E-state index in [0.717, 1.165) is 0 Å². The first-order chi connectivity index (χ1) is 5.83. The first kappa shape index (κ1) is 8.92. The Morgan fingerprint density at radius 2 is 2.50 bits per heavy atom. The molecule has 12 heavy (non-hydrogen) atoms. The molecule has 0 saturated carbocycles. The van der Waals surface area contributed by atoms with Gasteiger partial charge < -0.3 is 5.32 Å². The minimum atomic E-state index is -0.116. The highest BCUT2D eigenvalue weighted by molar-refractivity contribution is 6.18. The molecule has 0 aliphatic heterocycles. The largest absolute Gasteiger partial charge is 0.349 e. The Bertz CT molecular complexity index is 236. The number of alkyl halides is 1. The molecule has 0 aliphatic rings. The Morgan fingerprint density at radius 3 is 3.08 bits per heavy atom. The number of H-pyrrole nitrogens is 1. The van der Waals surface area contributed by atoms with E-state index in [2.05, 4.69) is 25.9 Å². The highest BCUT2D eigenvalue weighted by Crippen LogP contribution is 1.86. The molecule has 1 amide bonds. The fourth-order valence-corrected chi connectivity index (χ4v) is 0.781. The molecule has 0 aromatic carbocycles. The molecule has 2 N–H and O–H groups in total. The summed E-state index contributed by atoms with van der Waals surface area (Å²) in [4.78, 5) is 10.9. The summed E-state index contributed by atoms with van der Waals surface area (Å²) in [6.45, 7) is 0.284. The van der Waals surface area contributed by atoms with Crippen LogP contribution in [0.5, 0.6) is 0 Å². The number of amides is 1. The van der Waals surface area contributed by atoms with Gasteiger partial charge in [0.25, 0.3) is 0 Å². The van der Waals surface area contributed by atoms with Gasteiger partial charge in [-0.2, -0.15) is 5.21 Å². The Balaban J connectivity index is 2.22. The van der Waals surface area contributed by atoms with Crippen LogP contribution in [0.1, 0.15) is 12.2 Å². The summed E-state index contributed by atoms with van der Waals surface area (Å²) in [5.41, 5.74) is 0. The van der Waals surface area contributed by atoms with Gasteiger partial charge in [0, 0.05) is 12.3 Å². The minimum Gasteiger partial charge on any atom is -0.349 e. The quantitative estimate of drug-likeness (QED) is 0.623. The van der Waals surface area contributed by atoms with Gasteiger partial charge in [-0.1, -0.05) is 5.21 Å². The summed E-state index contributed by atoms with van der Waals surface area (Å²) in [5.74, 6) is 0.658. The third-order valence-corrected chi connectivity index (χ3v) is 1.34. The fraction of sp³-hybridized carbons (Fsp3) is 0.600. The molecule has 0 unspecified atom stereocenters.